The van der Waals surface area contributed by atoms with E-state index < -0.39 is 0 Å². The average molecular weight is 356 g/mol. The molecule has 0 aliphatic heterocycles. The van der Waals surface area contributed by atoms with Crippen LogP contribution in [0.4, 0.5) is 9.52 Å². The van der Waals surface area contributed by atoms with Crippen LogP contribution in [0.5, 0.6) is 0 Å². The summed E-state index contributed by atoms with van der Waals surface area (Å²) in [6, 6.07) is 6.37. The fourth-order valence-corrected chi connectivity index (χ4v) is 3.25. The maximum absolute atomic E-state index is 14.4. The van der Waals surface area contributed by atoms with E-state index in [-0.39, 0.29) is 11.4 Å². The van der Waals surface area contributed by atoms with Crippen molar-refractivity contribution in [2.75, 3.05) is 5.32 Å². The Morgan fingerprint density at radius 3 is 2.84 bits per heavy atom. The zero-order valence-corrected chi connectivity index (χ0v) is 14.0. The fourth-order valence-electron chi connectivity index (χ4n) is 2.48. The third-order valence-corrected chi connectivity index (χ3v) is 4.59. The SMILES string of the molecule is Cc1nccn1-c1ccc(CNc2nn3c(=O)ccnc3s2)cc1F. The number of rotatable bonds is 4. The lowest BCUT2D eigenvalue weighted by molar-refractivity contribution is 0.614. The number of anilines is 1. The smallest absolute Gasteiger partial charge is 0.275 e. The van der Waals surface area contributed by atoms with Crippen molar-refractivity contribution in [3.63, 3.8) is 0 Å². The van der Waals surface area contributed by atoms with Crippen LogP contribution in [0.2, 0.25) is 0 Å². The minimum Gasteiger partial charge on any atom is -0.356 e. The molecule has 0 saturated carbocycles. The summed E-state index contributed by atoms with van der Waals surface area (Å²) in [7, 11) is 0. The molecule has 0 bridgehead atoms. The summed E-state index contributed by atoms with van der Waals surface area (Å²) in [5, 5.41) is 7.80. The minimum absolute atomic E-state index is 0.236. The summed E-state index contributed by atoms with van der Waals surface area (Å²) < 4.78 is 17.3. The van der Waals surface area contributed by atoms with Gasteiger partial charge in [0.1, 0.15) is 11.6 Å². The van der Waals surface area contributed by atoms with Crippen molar-refractivity contribution < 1.29 is 4.39 Å². The number of imidazole rings is 1. The van der Waals surface area contributed by atoms with Gasteiger partial charge in [-0.25, -0.2) is 14.4 Å². The number of nitrogens with zero attached hydrogens (tertiary/aromatic N) is 5. The molecule has 0 fully saturated rings. The highest BCUT2D eigenvalue weighted by molar-refractivity contribution is 7.20. The summed E-state index contributed by atoms with van der Waals surface area (Å²) in [5.74, 6) is 0.389. The molecule has 4 aromatic rings. The number of aryl methyl sites for hydroxylation is 1. The highest BCUT2D eigenvalue weighted by Crippen LogP contribution is 2.19. The molecule has 9 heteroatoms. The van der Waals surface area contributed by atoms with Crippen LogP contribution in [0.25, 0.3) is 10.6 Å². The molecule has 0 atom stereocenters. The Balaban J connectivity index is 1.55. The highest BCUT2D eigenvalue weighted by Gasteiger charge is 2.09. The molecule has 0 radical (unpaired) electrons. The Hall–Kier alpha value is -3.07. The molecule has 0 amide bonds. The largest absolute Gasteiger partial charge is 0.356 e. The molecule has 0 aliphatic carbocycles. The number of aromatic nitrogens is 5. The summed E-state index contributed by atoms with van der Waals surface area (Å²) >= 11 is 1.26. The Kier molecular flexibility index (Phi) is 3.77. The lowest BCUT2D eigenvalue weighted by atomic mass is 10.2. The molecular formula is C16H13FN6OS. The molecule has 4 rings (SSSR count). The number of fused-ring (bicyclic) bond motifs is 1. The normalized spacial score (nSPS) is 11.1. The van der Waals surface area contributed by atoms with Crippen LogP contribution in [0, 0.1) is 12.7 Å². The monoisotopic (exact) mass is 356 g/mol. The van der Waals surface area contributed by atoms with E-state index >= 15 is 0 Å². The van der Waals surface area contributed by atoms with Gasteiger partial charge >= 0.3 is 0 Å². The second kappa shape index (κ2) is 6.10. The van der Waals surface area contributed by atoms with Gasteiger partial charge in [-0.2, -0.15) is 4.52 Å². The third-order valence-electron chi connectivity index (χ3n) is 3.71. The van der Waals surface area contributed by atoms with E-state index in [4.69, 9.17) is 0 Å². The molecule has 0 aliphatic rings. The van der Waals surface area contributed by atoms with E-state index in [2.05, 4.69) is 20.4 Å². The Bertz CT molecular complexity index is 1120. The molecule has 0 unspecified atom stereocenters. The third kappa shape index (κ3) is 2.89. The molecule has 7 nitrogen and oxygen atoms in total. The Morgan fingerprint density at radius 1 is 1.24 bits per heavy atom. The number of halogens is 1. The first kappa shape index (κ1) is 15.5. The topological polar surface area (TPSA) is 77.1 Å². The van der Waals surface area contributed by atoms with Gasteiger partial charge in [-0.05, 0) is 24.6 Å². The van der Waals surface area contributed by atoms with Gasteiger partial charge in [0, 0.05) is 31.2 Å². The van der Waals surface area contributed by atoms with Crippen LogP contribution in [0.15, 0.2) is 47.7 Å². The van der Waals surface area contributed by atoms with Gasteiger partial charge < -0.3 is 9.88 Å². The second-order valence-electron chi connectivity index (χ2n) is 5.37. The van der Waals surface area contributed by atoms with E-state index in [1.807, 2.05) is 13.0 Å². The van der Waals surface area contributed by atoms with Crippen molar-refractivity contribution in [2.45, 2.75) is 13.5 Å². The van der Waals surface area contributed by atoms with Gasteiger partial charge in [-0.3, -0.25) is 4.79 Å². The minimum atomic E-state index is -0.331. The van der Waals surface area contributed by atoms with Crippen LogP contribution >= 0.6 is 11.3 Å². The van der Waals surface area contributed by atoms with Crippen molar-refractivity contribution in [3.8, 4) is 5.69 Å². The lowest BCUT2D eigenvalue weighted by Gasteiger charge is -2.09. The number of benzene rings is 1. The van der Waals surface area contributed by atoms with Gasteiger partial charge in [-0.15, -0.1) is 5.10 Å². The molecule has 126 valence electrons. The molecule has 3 heterocycles. The van der Waals surface area contributed by atoms with Crippen molar-refractivity contribution in [1.82, 2.24) is 24.1 Å². The maximum Gasteiger partial charge on any atom is 0.275 e. The predicted molar refractivity (Wildman–Crippen MR) is 92.7 cm³/mol. The standard InChI is InChI=1S/C16H13FN6OS/c1-10-18-6-7-22(10)13-3-2-11(8-12(13)17)9-20-15-21-23-14(24)4-5-19-16(23)25-15/h2-8H,9H2,1H3,(H,20,21). The van der Waals surface area contributed by atoms with Crippen molar-refractivity contribution in [3.05, 3.63) is 70.4 Å². The number of hydrogen-bond acceptors (Lipinski definition) is 6. The van der Waals surface area contributed by atoms with Crippen LogP contribution in [-0.4, -0.2) is 24.1 Å². The van der Waals surface area contributed by atoms with Gasteiger partial charge in [0.2, 0.25) is 10.1 Å². The first-order chi connectivity index (χ1) is 12.1. The molecule has 0 saturated heterocycles. The predicted octanol–water partition coefficient (Wildman–Crippen LogP) is 2.40. The van der Waals surface area contributed by atoms with Crippen LogP contribution < -0.4 is 10.9 Å². The number of nitrogens with one attached hydrogen (secondary N) is 1. The van der Waals surface area contributed by atoms with E-state index in [1.54, 1.807) is 23.0 Å². The molecule has 1 aromatic carbocycles. The van der Waals surface area contributed by atoms with Gasteiger partial charge in [-0.1, -0.05) is 17.4 Å². The van der Waals surface area contributed by atoms with E-state index in [9.17, 15) is 9.18 Å². The van der Waals surface area contributed by atoms with Crippen molar-refractivity contribution in [1.29, 1.82) is 0 Å². The van der Waals surface area contributed by atoms with Crippen molar-refractivity contribution in [2.24, 2.45) is 0 Å². The molecule has 25 heavy (non-hydrogen) atoms. The lowest BCUT2D eigenvalue weighted by Crippen LogP contribution is -2.12. The summed E-state index contributed by atoms with van der Waals surface area (Å²) in [6.45, 7) is 2.20. The fraction of sp³-hybridized carbons (Fsp3) is 0.125. The Labute approximate surface area is 145 Å². The quantitative estimate of drug-likeness (QED) is 0.608. The molecular weight excluding hydrogens is 343 g/mol. The van der Waals surface area contributed by atoms with Gasteiger partial charge in [0.25, 0.3) is 5.56 Å². The van der Waals surface area contributed by atoms with Crippen LogP contribution in [0.3, 0.4) is 0 Å². The van der Waals surface area contributed by atoms with Crippen LogP contribution in [0.1, 0.15) is 11.4 Å². The molecule has 3 aromatic heterocycles. The number of hydrogen-bond donors (Lipinski definition) is 1. The second-order valence-corrected chi connectivity index (χ2v) is 6.32. The van der Waals surface area contributed by atoms with E-state index in [0.29, 0.717) is 22.3 Å². The van der Waals surface area contributed by atoms with Crippen molar-refractivity contribution >= 4 is 21.4 Å². The Morgan fingerprint density at radius 2 is 2.12 bits per heavy atom. The zero-order valence-electron chi connectivity index (χ0n) is 13.2. The molecule has 0 spiro atoms. The maximum atomic E-state index is 14.4. The zero-order chi connectivity index (χ0) is 17.4. The first-order valence-corrected chi connectivity index (χ1v) is 8.31. The average Bonchev–Trinajstić information content (AvgIpc) is 3.20. The first-order valence-electron chi connectivity index (χ1n) is 7.49. The van der Waals surface area contributed by atoms with E-state index in [1.165, 1.54) is 34.2 Å². The van der Waals surface area contributed by atoms with Gasteiger partial charge in [0.05, 0.1) is 5.69 Å². The van der Waals surface area contributed by atoms with Crippen LogP contribution in [-0.2, 0) is 6.54 Å². The van der Waals surface area contributed by atoms with E-state index in [0.717, 1.165) is 11.4 Å². The summed E-state index contributed by atoms with van der Waals surface area (Å²) in [6.07, 6.45) is 4.80. The molecule has 1 N–H and O–H groups in total. The summed E-state index contributed by atoms with van der Waals surface area (Å²) in [4.78, 5) is 20.4. The highest BCUT2D eigenvalue weighted by atomic mass is 32.1. The summed E-state index contributed by atoms with van der Waals surface area (Å²) in [5.41, 5.74) is 0.980. The van der Waals surface area contributed by atoms with Gasteiger partial charge in [0.15, 0.2) is 0 Å².